The molecule has 1 saturated heterocycles. The second-order valence-electron chi connectivity index (χ2n) is 8.76. The van der Waals surface area contributed by atoms with E-state index in [0.717, 1.165) is 18.5 Å². The predicted molar refractivity (Wildman–Crippen MR) is 128 cm³/mol. The lowest BCUT2D eigenvalue weighted by molar-refractivity contribution is -0.131. The molecule has 2 amide bonds. The van der Waals surface area contributed by atoms with Crippen LogP contribution in [0.25, 0.3) is 0 Å². The molecule has 32 heavy (non-hydrogen) atoms. The van der Waals surface area contributed by atoms with E-state index in [2.05, 4.69) is 62.6 Å². The molecule has 0 aliphatic carbocycles. The van der Waals surface area contributed by atoms with Crippen LogP contribution in [0.1, 0.15) is 61.5 Å². The van der Waals surface area contributed by atoms with Gasteiger partial charge < -0.3 is 15.5 Å². The first-order chi connectivity index (χ1) is 15.2. The highest BCUT2D eigenvalue weighted by Gasteiger charge is 2.31. The summed E-state index contributed by atoms with van der Waals surface area (Å²) >= 11 is 0. The van der Waals surface area contributed by atoms with E-state index in [-0.39, 0.29) is 23.6 Å². The average molecular weight is 442 g/mol. The third kappa shape index (κ3) is 7.08. The Balaban J connectivity index is 0.00000114. The Bertz CT molecular complexity index is 904. The number of halogens is 1. The summed E-state index contributed by atoms with van der Waals surface area (Å²) in [5, 5.41) is 6.12. The van der Waals surface area contributed by atoms with E-state index >= 15 is 0 Å². The van der Waals surface area contributed by atoms with Crippen molar-refractivity contribution in [3.63, 3.8) is 0 Å². The van der Waals surface area contributed by atoms with Crippen LogP contribution in [-0.4, -0.2) is 41.9 Å². The Morgan fingerprint density at radius 1 is 1.03 bits per heavy atom. The molecule has 0 bridgehead atoms. The van der Waals surface area contributed by atoms with E-state index < -0.39 is 11.7 Å². The number of aryl methyl sites for hydroxylation is 2. The van der Waals surface area contributed by atoms with Gasteiger partial charge in [0.05, 0.1) is 12.1 Å². The van der Waals surface area contributed by atoms with Gasteiger partial charge in [-0.3, -0.25) is 9.59 Å². The molecule has 2 N–H and O–H groups in total. The predicted octanol–water partition coefficient (Wildman–Crippen LogP) is 5.08. The van der Waals surface area contributed by atoms with Gasteiger partial charge in [-0.15, -0.1) is 0 Å². The van der Waals surface area contributed by atoms with Gasteiger partial charge in [-0.25, -0.2) is 4.39 Å². The standard InChI is InChI=1S/C23H28FN3O2.C3H8/c1-16-7-9-18(10-8-16)26-23(3)11-13-27(14-12-23)20(28)15-25-22(29)19-6-4-5-17(2)21(19)24;1-3-2/h4-10,26H,11-15H2,1-3H3,(H,25,29);3H2,1-2H3. The molecule has 0 spiro atoms. The average Bonchev–Trinajstić information content (AvgIpc) is 2.76. The van der Waals surface area contributed by atoms with Crippen molar-refractivity contribution < 1.29 is 14.0 Å². The normalized spacial score (nSPS) is 14.8. The van der Waals surface area contributed by atoms with E-state index in [1.54, 1.807) is 24.0 Å². The molecule has 1 aliphatic rings. The summed E-state index contributed by atoms with van der Waals surface area (Å²) in [5.41, 5.74) is 2.57. The number of likely N-dealkylation sites (tertiary alicyclic amines) is 1. The molecule has 0 radical (unpaired) electrons. The molecule has 0 aromatic heterocycles. The Morgan fingerprint density at radius 2 is 1.62 bits per heavy atom. The number of nitrogens with one attached hydrogen (secondary N) is 2. The number of benzene rings is 2. The van der Waals surface area contributed by atoms with Gasteiger partial charge in [0.25, 0.3) is 5.91 Å². The van der Waals surface area contributed by atoms with Crippen molar-refractivity contribution in [1.29, 1.82) is 0 Å². The molecular weight excluding hydrogens is 405 g/mol. The molecule has 1 fully saturated rings. The summed E-state index contributed by atoms with van der Waals surface area (Å²) in [6, 6.07) is 12.9. The molecule has 3 rings (SSSR count). The SMILES string of the molecule is CCC.Cc1ccc(NC2(C)CCN(C(=O)CNC(=O)c3cccc(C)c3F)CC2)cc1. The first-order valence-electron chi connectivity index (χ1n) is 11.3. The second kappa shape index (κ2) is 11.7. The van der Waals surface area contributed by atoms with Gasteiger partial charge >= 0.3 is 0 Å². The van der Waals surface area contributed by atoms with Crippen LogP contribution in [0.3, 0.4) is 0 Å². The summed E-state index contributed by atoms with van der Waals surface area (Å²) in [4.78, 5) is 26.4. The van der Waals surface area contributed by atoms with E-state index in [1.165, 1.54) is 18.1 Å². The van der Waals surface area contributed by atoms with Crippen molar-refractivity contribution in [3.8, 4) is 0 Å². The number of carbonyl (C=O) groups is 2. The third-order valence-corrected chi connectivity index (χ3v) is 5.55. The largest absolute Gasteiger partial charge is 0.380 e. The zero-order valence-corrected chi connectivity index (χ0v) is 19.9. The van der Waals surface area contributed by atoms with Crippen LogP contribution in [-0.2, 0) is 4.79 Å². The fourth-order valence-electron chi connectivity index (χ4n) is 3.55. The number of nitrogens with zero attached hydrogens (tertiary/aromatic N) is 1. The van der Waals surface area contributed by atoms with Crippen LogP contribution in [0.5, 0.6) is 0 Å². The van der Waals surface area contributed by atoms with Crippen molar-refractivity contribution >= 4 is 17.5 Å². The topological polar surface area (TPSA) is 61.4 Å². The fraction of sp³-hybridized carbons (Fsp3) is 0.462. The van der Waals surface area contributed by atoms with E-state index in [1.807, 2.05) is 0 Å². The minimum atomic E-state index is -0.567. The Kier molecular flexibility index (Phi) is 9.24. The summed E-state index contributed by atoms with van der Waals surface area (Å²) < 4.78 is 14.1. The molecule has 1 heterocycles. The van der Waals surface area contributed by atoms with Gasteiger partial charge in [0.15, 0.2) is 0 Å². The van der Waals surface area contributed by atoms with Crippen LogP contribution in [0, 0.1) is 19.7 Å². The maximum atomic E-state index is 14.1. The molecule has 6 heteroatoms. The third-order valence-electron chi connectivity index (χ3n) is 5.55. The maximum absolute atomic E-state index is 14.1. The minimum Gasteiger partial charge on any atom is -0.380 e. The minimum absolute atomic E-state index is 0.0358. The molecule has 1 aliphatic heterocycles. The Hall–Kier alpha value is -2.89. The van der Waals surface area contributed by atoms with E-state index in [9.17, 15) is 14.0 Å². The maximum Gasteiger partial charge on any atom is 0.254 e. The number of hydrogen-bond acceptors (Lipinski definition) is 3. The van der Waals surface area contributed by atoms with Crippen molar-refractivity contribution in [2.24, 2.45) is 0 Å². The lowest BCUT2D eigenvalue weighted by atomic mass is 9.89. The number of piperidine rings is 1. The van der Waals surface area contributed by atoms with Gasteiger partial charge in [-0.2, -0.15) is 0 Å². The van der Waals surface area contributed by atoms with Crippen molar-refractivity contribution in [3.05, 3.63) is 65.0 Å². The molecule has 5 nitrogen and oxygen atoms in total. The fourth-order valence-corrected chi connectivity index (χ4v) is 3.55. The van der Waals surface area contributed by atoms with Gasteiger partial charge in [0, 0.05) is 24.3 Å². The van der Waals surface area contributed by atoms with Gasteiger partial charge in [-0.1, -0.05) is 50.1 Å². The number of hydrogen-bond donors (Lipinski definition) is 2. The van der Waals surface area contributed by atoms with Crippen molar-refractivity contribution in [1.82, 2.24) is 10.2 Å². The van der Waals surface area contributed by atoms with E-state index in [0.29, 0.717) is 18.7 Å². The molecule has 2 aromatic carbocycles. The summed E-state index contributed by atoms with van der Waals surface area (Å²) in [6.07, 6.45) is 2.88. The number of rotatable bonds is 5. The summed E-state index contributed by atoms with van der Waals surface area (Å²) in [7, 11) is 0. The summed E-state index contributed by atoms with van der Waals surface area (Å²) in [5.74, 6) is -1.26. The monoisotopic (exact) mass is 441 g/mol. The first kappa shape index (κ1) is 25.4. The Labute approximate surface area is 191 Å². The molecule has 0 unspecified atom stereocenters. The number of amides is 2. The van der Waals surface area contributed by atoms with Gasteiger partial charge in [-0.05, 0) is 57.4 Å². The van der Waals surface area contributed by atoms with Gasteiger partial charge in [0.2, 0.25) is 5.91 Å². The highest BCUT2D eigenvalue weighted by molar-refractivity contribution is 5.96. The number of anilines is 1. The summed E-state index contributed by atoms with van der Waals surface area (Å²) in [6.45, 7) is 11.2. The van der Waals surface area contributed by atoms with E-state index in [4.69, 9.17) is 0 Å². The lowest BCUT2D eigenvalue weighted by Gasteiger charge is -2.40. The van der Waals surface area contributed by atoms with Crippen LogP contribution >= 0.6 is 0 Å². The zero-order valence-electron chi connectivity index (χ0n) is 19.9. The molecule has 0 saturated carbocycles. The quantitative estimate of drug-likeness (QED) is 0.680. The highest BCUT2D eigenvalue weighted by atomic mass is 19.1. The molecule has 0 atom stereocenters. The number of carbonyl (C=O) groups excluding carboxylic acids is 2. The second-order valence-corrected chi connectivity index (χ2v) is 8.76. The first-order valence-corrected chi connectivity index (χ1v) is 11.3. The smallest absolute Gasteiger partial charge is 0.254 e. The Morgan fingerprint density at radius 3 is 2.22 bits per heavy atom. The molecule has 174 valence electrons. The van der Waals surface area contributed by atoms with Crippen molar-refractivity contribution in [2.45, 2.75) is 59.4 Å². The molecular formula is C26H36FN3O2. The zero-order chi connectivity index (χ0) is 23.7. The van der Waals surface area contributed by atoms with Crippen LogP contribution in [0.2, 0.25) is 0 Å². The van der Waals surface area contributed by atoms with Crippen LogP contribution < -0.4 is 10.6 Å². The van der Waals surface area contributed by atoms with Crippen molar-refractivity contribution in [2.75, 3.05) is 25.0 Å². The van der Waals surface area contributed by atoms with Gasteiger partial charge in [0.1, 0.15) is 5.82 Å². The lowest BCUT2D eigenvalue weighted by Crippen LogP contribution is -2.51. The van der Waals surface area contributed by atoms with Crippen LogP contribution in [0.15, 0.2) is 42.5 Å². The van der Waals surface area contributed by atoms with Crippen LogP contribution in [0.4, 0.5) is 10.1 Å². The molecule has 2 aromatic rings. The highest BCUT2D eigenvalue weighted by Crippen LogP contribution is 2.26.